The van der Waals surface area contributed by atoms with Crippen LogP contribution >= 0.6 is 27.3 Å². The van der Waals surface area contributed by atoms with E-state index in [4.69, 9.17) is 4.74 Å². The Morgan fingerprint density at radius 3 is 2.48 bits per heavy atom. The Labute approximate surface area is 201 Å². The van der Waals surface area contributed by atoms with Gasteiger partial charge in [0.15, 0.2) is 5.13 Å². The number of anilines is 1. The number of carbonyl (C=O) groups excluding carboxylic acids is 2. The molecule has 5 rings (SSSR count). The summed E-state index contributed by atoms with van der Waals surface area (Å²) >= 11 is 4.77. The molecule has 0 aliphatic carbocycles. The quantitative estimate of drug-likeness (QED) is 0.212. The Morgan fingerprint density at radius 1 is 1.06 bits per heavy atom. The molecule has 0 bridgehead atoms. The Hall–Kier alpha value is -3.49. The molecule has 1 aliphatic rings. The van der Waals surface area contributed by atoms with Crippen molar-refractivity contribution in [2.75, 3.05) is 12.0 Å². The van der Waals surface area contributed by atoms with Crippen LogP contribution in [0.15, 0.2) is 82.8 Å². The molecule has 1 fully saturated rings. The topological polar surface area (TPSA) is 79.7 Å². The molecule has 0 radical (unpaired) electrons. The predicted molar refractivity (Wildman–Crippen MR) is 132 cm³/mol. The number of aliphatic hydroxyl groups excluding tert-OH is 1. The Kier molecular flexibility index (Phi) is 5.47. The fourth-order valence-electron chi connectivity index (χ4n) is 3.87. The zero-order valence-corrected chi connectivity index (χ0v) is 19.8. The van der Waals surface area contributed by atoms with E-state index in [0.29, 0.717) is 22.0 Å². The second-order valence-corrected chi connectivity index (χ2v) is 9.34. The number of ether oxygens (including phenoxy) is 1. The number of ketones is 1. The SMILES string of the molecule is COc1ccc(C2/C(=C(\O)c3ccccc3)C(=O)C(=O)N2c2nc3ccc(Br)cc3s2)cc1. The van der Waals surface area contributed by atoms with Crippen LogP contribution in [0.3, 0.4) is 0 Å². The van der Waals surface area contributed by atoms with Crippen LogP contribution in [0.25, 0.3) is 16.0 Å². The van der Waals surface area contributed by atoms with Gasteiger partial charge in [-0.25, -0.2) is 4.98 Å². The second kappa shape index (κ2) is 8.46. The lowest BCUT2D eigenvalue weighted by Gasteiger charge is -2.23. The van der Waals surface area contributed by atoms with Gasteiger partial charge in [0.2, 0.25) is 0 Å². The summed E-state index contributed by atoms with van der Waals surface area (Å²) in [4.78, 5) is 32.5. The van der Waals surface area contributed by atoms with Gasteiger partial charge in [0.25, 0.3) is 5.78 Å². The van der Waals surface area contributed by atoms with Gasteiger partial charge in [-0.15, -0.1) is 0 Å². The van der Waals surface area contributed by atoms with E-state index < -0.39 is 17.7 Å². The van der Waals surface area contributed by atoms with Gasteiger partial charge in [-0.2, -0.15) is 0 Å². The molecule has 1 N–H and O–H groups in total. The van der Waals surface area contributed by atoms with Crippen molar-refractivity contribution in [2.24, 2.45) is 0 Å². The van der Waals surface area contributed by atoms with Gasteiger partial charge in [-0.05, 0) is 35.9 Å². The minimum Gasteiger partial charge on any atom is -0.507 e. The molecule has 0 saturated carbocycles. The highest BCUT2D eigenvalue weighted by Gasteiger charge is 2.48. The molecule has 8 heteroatoms. The van der Waals surface area contributed by atoms with Crippen LogP contribution in [0.4, 0.5) is 5.13 Å². The Balaban J connectivity index is 1.72. The highest BCUT2D eigenvalue weighted by molar-refractivity contribution is 9.10. The van der Waals surface area contributed by atoms with E-state index in [0.717, 1.165) is 14.7 Å². The number of thiazole rings is 1. The molecule has 1 amide bonds. The summed E-state index contributed by atoms with van der Waals surface area (Å²) in [5, 5.41) is 11.5. The molecule has 1 unspecified atom stereocenters. The number of nitrogens with zero attached hydrogens (tertiary/aromatic N) is 2. The molecular weight excluding hydrogens is 504 g/mol. The minimum absolute atomic E-state index is 0.0248. The summed E-state index contributed by atoms with van der Waals surface area (Å²) in [6, 6.07) is 20.6. The fraction of sp³-hybridized carbons (Fsp3) is 0.0800. The van der Waals surface area contributed by atoms with Crippen molar-refractivity contribution in [3.63, 3.8) is 0 Å². The first kappa shape index (κ1) is 21.4. The number of hydrogen-bond acceptors (Lipinski definition) is 6. The van der Waals surface area contributed by atoms with Crippen LogP contribution < -0.4 is 9.64 Å². The number of amides is 1. The van der Waals surface area contributed by atoms with Gasteiger partial charge in [0.1, 0.15) is 11.5 Å². The van der Waals surface area contributed by atoms with Gasteiger partial charge >= 0.3 is 5.91 Å². The number of aromatic nitrogens is 1. The Morgan fingerprint density at radius 2 is 1.79 bits per heavy atom. The van der Waals surface area contributed by atoms with E-state index in [-0.39, 0.29) is 11.3 Å². The second-order valence-electron chi connectivity index (χ2n) is 7.42. The van der Waals surface area contributed by atoms with Crippen LogP contribution in [-0.4, -0.2) is 28.9 Å². The number of aliphatic hydroxyl groups is 1. The molecule has 0 spiro atoms. The maximum Gasteiger partial charge on any atom is 0.301 e. The number of hydrogen-bond donors (Lipinski definition) is 1. The maximum absolute atomic E-state index is 13.3. The van der Waals surface area contributed by atoms with E-state index in [2.05, 4.69) is 20.9 Å². The smallest absolute Gasteiger partial charge is 0.301 e. The van der Waals surface area contributed by atoms with E-state index in [9.17, 15) is 14.7 Å². The van der Waals surface area contributed by atoms with Gasteiger partial charge in [0, 0.05) is 10.0 Å². The summed E-state index contributed by atoms with van der Waals surface area (Å²) in [6.07, 6.45) is 0. The number of benzene rings is 3. The van der Waals surface area contributed by atoms with Crippen molar-refractivity contribution in [1.29, 1.82) is 0 Å². The molecule has 1 saturated heterocycles. The molecule has 33 heavy (non-hydrogen) atoms. The van der Waals surface area contributed by atoms with Crippen molar-refractivity contribution in [3.8, 4) is 5.75 Å². The zero-order valence-electron chi connectivity index (χ0n) is 17.4. The van der Waals surface area contributed by atoms with E-state index in [1.165, 1.54) is 16.2 Å². The van der Waals surface area contributed by atoms with Gasteiger partial charge in [-0.1, -0.05) is 69.7 Å². The molecule has 1 aromatic heterocycles. The third-order valence-corrected chi connectivity index (χ3v) is 6.98. The summed E-state index contributed by atoms with van der Waals surface area (Å²) in [7, 11) is 1.57. The number of Topliss-reactive ketones (excluding diaryl/α,β-unsaturated/α-hetero) is 1. The van der Waals surface area contributed by atoms with Gasteiger partial charge < -0.3 is 9.84 Å². The lowest BCUT2D eigenvalue weighted by molar-refractivity contribution is -0.132. The van der Waals surface area contributed by atoms with Crippen molar-refractivity contribution in [3.05, 3.63) is 94.0 Å². The first-order valence-electron chi connectivity index (χ1n) is 10.0. The van der Waals surface area contributed by atoms with Crippen LogP contribution in [0.2, 0.25) is 0 Å². The number of carbonyl (C=O) groups is 2. The monoisotopic (exact) mass is 520 g/mol. The largest absolute Gasteiger partial charge is 0.507 e. The van der Waals surface area contributed by atoms with E-state index in [1.54, 1.807) is 55.6 Å². The molecular formula is C25H17BrN2O4S. The zero-order chi connectivity index (χ0) is 23.1. The molecule has 3 aromatic carbocycles. The molecule has 6 nitrogen and oxygen atoms in total. The van der Waals surface area contributed by atoms with Crippen LogP contribution in [0.5, 0.6) is 5.75 Å². The van der Waals surface area contributed by atoms with Crippen molar-refractivity contribution >= 4 is 60.1 Å². The minimum atomic E-state index is -0.833. The van der Waals surface area contributed by atoms with Crippen molar-refractivity contribution in [2.45, 2.75) is 6.04 Å². The highest BCUT2D eigenvalue weighted by Crippen LogP contribution is 2.44. The average Bonchev–Trinajstić information content (AvgIpc) is 3.37. The van der Waals surface area contributed by atoms with Gasteiger partial charge in [-0.3, -0.25) is 14.5 Å². The standard InChI is InChI=1S/C25H17BrN2O4S/c1-32-17-10-7-14(8-11-17)21-20(22(29)15-5-3-2-4-6-15)23(30)24(31)28(21)25-27-18-12-9-16(26)13-19(18)33-25/h2-13,21,29H,1H3/b22-20+. The predicted octanol–water partition coefficient (Wildman–Crippen LogP) is 5.69. The number of methoxy groups -OCH3 is 1. The normalized spacial score (nSPS) is 17.6. The van der Waals surface area contributed by atoms with Crippen molar-refractivity contribution in [1.82, 2.24) is 4.98 Å². The summed E-state index contributed by atoms with van der Waals surface area (Å²) < 4.78 is 7.02. The van der Waals surface area contributed by atoms with Gasteiger partial charge in [0.05, 0.1) is 28.9 Å². The van der Waals surface area contributed by atoms with Crippen LogP contribution in [0, 0.1) is 0 Å². The average molecular weight is 521 g/mol. The third-order valence-electron chi connectivity index (χ3n) is 5.47. The van der Waals surface area contributed by atoms with Crippen LogP contribution in [0.1, 0.15) is 17.2 Å². The maximum atomic E-state index is 13.3. The summed E-state index contributed by atoms with van der Waals surface area (Å²) in [5.74, 6) is -1.06. The van der Waals surface area contributed by atoms with E-state index >= 15 is 0 Å². The van der Waals surface area contributed by atoms with E-state index in [1.807, 2.05) is 24.3 Å². The summed E-state index contributed by atoms with van der Waals surface area (Å²) in [6.45, 7) is 0. The van der Waals surface area contributed by atoms with Crippen molar-refractivity contribution < 1.29 is 19.4 Å². The molecule has 164 valence electrons. The molecule has 2 heterocycles. The number of rotatable bonds is 4. The number of fused-ring (bicyclic) bond motifs is 1. The Bertz CT molecular complexity index is 1410. The highest BCUT2D eigenvalue weighted by atomic mass is 79.9. The molecule has 1 atom stereocenters. The lowest BCUT2D eigenvalue weighted by Crippen LogP contribution is -2.29. The first-order chi connectivity index (χ1) is 16.0. The third kappa shape index (κ3) is 3.71. The summed E-state index contributed by atoms with van der Waals surface area (Å²) in [5.41, 5.74) is 1.86. The molecule has 1 aliphatic heterocycles. The number of halogens is 1. The lowest BCUT2D eigenvalue weighted by atomic mass is 9.95. The first-order valence-corrected chi connectivity index (χ1v) is 11.7. The van der Waals surface area contributed by atoms with Crippen LogP contribution in [-0.2, 0) is 9.59 Å². The molecule has 4 aromatic rings. The fourth-order valence-corrected chi connectivity index (χ4v) is 5.42.